The fraction of sp³-hybridized carbons (Fsp3) is 0.125. The van der Waals surface area contributed by atoms with Crippen molar-refractivity contribution in [3.63, 3.8) is 0 Å². The summed E-state index contributed by atoms with van der Waals surface area (Å²) in [5.74, 6) is 0.245. The lowest BCUT2D eigenvalue weighted by Gasteiger charge is -2.14. The summed E-state index contributed by atoms with van der Waals surface area (Å²) in [5.41, 5.74) is 1.06. The zero-order chi connectivity index (χ0) is 24.1. The number of fused-ring (bicyclic) bond motifs is 1. The highest BCUT2D eigenvalue weighted by Gasteiger charge is 2.15. The Morgan fingerprint density at radius 3 is 2.62 bits per heavy atom. The van der Waals surface area contributed by atoms with E-state index >= 15 is 0 Å². The molecule has 0 fully saturated rings. The van der Waals surface area contributed by atoms with Gasteiger partial charge in [0.15, 0.2) is 5.16 Å². The Morgan fingerprint density at radius 1 is 1.12 bits per heavy atom. The number of nitrogens with zero attached hydrogens (tertiary/aromatic N) is 3. The normalized spacial score (nSPS) is 10.7. The predicted molar refractivity (Wildman–Crippen MR) is 131 cm³/mol. The van der Waals surface area contributed by atoms with Gasteiger partial charge in [-0.3, -0.25) is 24.3 Å². The molecule has 1 amide bonds. The van der Waals surface area contributed by atoms with Gasteiger partial charge in [-0.15, -0.1) is 0 Å². The van der Waals surface area contributed by atoms with Crippen molar-refractivity contribution in [2.24, 2.45) is 0 Å². The van der Waals surface area contributed by atoms with E-state index in [0.29, 0.717) is 39.8 Å². The van der Waals surface area contributed by atoms with E-state index in [4.69, 9.17) is 4.74 Å². The van der Waals surface area contributed by atoms with Crippen molar-refractivity contribution in [2.45, 2.75) is 12.1 Å². The maximum absolute atomic E-state index is 13.3. The Labute approximate surface area is 198 Å². The molecule has 0 saturated carbocycles. The van der Waals surface area contributed by atoms with Gasteiger partial charge in [-0.1, -0.05) is 30.0 Å². The van der Waals surface area contributed by atoms with Crippen LogP contribution in [0.15, 0.2) is 82.7 Å². The number of hydrogen-bond acceptors (Lipinski definition) is 7. The molecule has 3 aromatic carbocycles. The first-order chi connectivity index (χ1) is 16.5. The Balaban J connectivity index is 1.63. The molecule has 4 aromatic rings. The number of aromatic nitrogens is 2. The molecule has 1 N–H and O–H groups in total. The van der Waals surface area contributed by atoms with Crippen LogP contribution in [0, 0.1) is 10.1 Å². The van der Waals surface area contributed by atoms with E-state index in [1.807, 2.05) is 6.92 Å². The fourth-order valence-electron chi connectivity index (χ4n) is 3.32. The van der Waals surface area contributed by atoms with E-state index in [0.717, 1.165) is 11.8 Å². The van der Waals surface area contributed by atoms with Gasteiger partial charge in [0.1, 0.15) is 5.75 Å². The zero-order valence-electron chi connectivity index (χ0n) is 18.1. The third-order valence-corrected chi connectivity index (χ3v) is 5.76. The highest BCUT2D eigenvalue weighted by Crippen LogP contribution is 2.24. The molecule has 0 saturated heterocycles. The van der Waals surface area contributed by atoms with Crippen LogP contribution < -0.4 is 15.6 Å². The molecule has 0 bridgehead atoms. The number of carbonyl (C=O) groups excluding carboxylic acids is 1. The minimum atomic E-state index is -0.529. The molecule has 0 atom stereocenters. The molecule has 9 nitrogen and oxygen atoms in total. The van der Waals surface area contributed by atoms with Gasteiger partial charge >= 0.3 is 0 Å². The van der Waals surface area contributed by atoms with E-state index in [9.17, 15) is 19.7 Å². The molecule has 0 radical (unpaired) electrons. The number of nitro groups is 1. The average molecular weight is 477 g/mol. The summed E-state index contributed by atoms with van der Waals surface area (Å²) >= 11 is 1.10. The SMILES string of the molecule is CCOc1ccc(-n2c(SCC(=O)Nc3cccc([N+](=O)[O-])c3)nc3ccccc3c2=O)cc1. The number of nitrogens with one attached hydrogen (secondary N) is 1. The van der Waals surface area contributed by atoms with Gasteiger partial charge < -0.3 is 10.1 Å². The minimum Gasteiger partial charge on any atom is -0.494 e. The van der Waals surface area contributed by atoms with Gasteiger partial charge in [-0.05, 0) is 49.4 Å². The summed E-state index contributed by atoms with van der Waals surface area (Å²) in [6.07, 6.45) is 0. The van der Waals surface area contributed by atoms with Crippen molar-refractivity contribution < 1.29 is 14.5 Å². The van der Waals surface area contributed by atoms with E-state index in [-0.39, 0.29) is 22.9 Å². The quantitative estimate of drug-likeness (QED) is 0.173. The smallest absolute Gasteiger partial charge is 0.271 e. The van der Waals surface area contributed by atoms with Crippen LogP contribution in [0.25, 0.3) is 16.6 Å². The fourth-order valence-corrected chi connectivity index (χ4v) is 4.13. The van der Waals surface area contributed by atoms with Crippen molar-refractivity contribution in [2.75, 3.05) is 17.7 Å². The van der Waals surface area contributed by atoms with Crippen molar-refractivity contribution in [3.05, 3.63) is 93.3 Å². The summed E-state index contributed by atoms with van der Waals surface area (Å²) in [7, 11) is 0. The zero-order valence-corrected chi connectivity index (χ0v) is 19.0. The van der Waals surface area contributed by atoms with Gasteiger partial charge in [0.25, 0.3) is 11.2 Å². The third kappa shape index (κ3) is 5.07. The molecule has 0 aliphatic rings. The first kappa shape index (κ1) is 23.0. The molecular formula is C24H20N4O5S. The Kier molecular flexibility index (Phi) is 6.88. The highest BCUT2D eigenvalue weighted by molar-refractivity contribution is 7.99. The minimum absolute atomic E-state index is 0.0511. The predicted octanol–water partition coefficient (Wildman–Crippen LogP) is 4.42. The molecule has 0 unspecified atom stereocenters. The van der Waals surface area contributed by atoms with Gasteiger partial charge in [-0.25, -0.2) is 4.98 Å². The lowest BCUT2D eigenvalue weighted by molar-refractivity contribution is -0.384. The van der Waals surface area contributed by atoms with Gasteiger partial charge in [0.2, 0.25) is 5.91 Å². The summed E-state index contributed by atoms with van der Waals surface area (Å²) < 4.78 is 6.94. The Bertz CT molecular complexity index is 1420. The third-order valence-electron chi connectivity index (χ3n) is 4.82. The maximum atomic E-state index is 13.3. The van der Waals surface area contributed by atoms with Gasteiger partial charge in [0.05, 0.1) is 33.9 Å². The number of amides is 1. The maximum Gasteiger partial charge on any atom is 0.271 e. The summed E-state index contributed by atoms with van der Waals surface area (Å²) in [5, 5.41) is 14.4. The van der Waals surface area contributed by atoms with Crippen LogP contribution in [0.4, 0.5) is 11.4 Å². The number of rotatable bonds is 8. The molecule has 0 aliphatic heterocycles. The van der Waals surface area contributed by atoms with Crippen molar-refractivity contribution in [1.29, 1.82) is 0 Å². The second kappa shape index (κ2) is 10.2. The number of non-ortho nitro benzene ring substituents is 1. The van der Waals surface area contributed by atoms with E-state index in [1.165, 1.54) is 22.8 Å². The topological polar surface area (TPSA) is 116 Å². The number of benzene rings is 3. The largest absolute Gasteiger partial charge is 0.494 e. The molecule has 172 valence electrons. The summed E-state index contributed by atoms with van der Waals surface area (Å²) in [6, 6.07) is 19.8. The van der Waals surface area contributed by atoms with E-state index in [2.05, 4.69) is 10.3 Å². The monoisotopic (exact) mass is 476 g/mol. The van der Waals surface area contributed by atoms with Gasteiger partial charge in [0, 0.05) is 17.8 Å². The molecule has 10 heteroatoms. The standard InChI is InChI=1S/C24H20N4O5S/c1-2-33-19-12-10-17(11-13-19)27-23(30)20-8-3-4-9-21(20)26-24(27)34-15-22(29)25-16-6-5-7-18(14-16)28(31)32/h3-14H,2,15H2,1H3,(H,25,29). The lowest BCUT2D eigenvalue weighted by atomic mass is 10.2. The molecular weight excluding hydrogens is 456 g/mol. The molecule has 1 aromatic heterocycles. The highest BCUT2D eigenvalue weighted by atomic mass is 32.2. The second-order valence-corrected chi connectivity index (χ2v) is 8.07. The number of anilines is 1. The summed E-state index contributed by atoms with van der Waals surface area (Å²) in [4.78, 5) is 40.9. The first-order valence-corrected chi connectivity index (χ1v) is 11.4. The van der Waals surface area contributed by atoms with Crippen LogP contribution >= 0.6 is 11.8 Å². The van der Waals surface area contributed by atoms with Gasteiger partial charge in [-0.2, -0.15) is 0 Å². The molecule has 0 spiro atoms. The Hall–Kier alpha value is -4.18. The molecule has 1 heterocycles. The first-order valence-electron chi connectivity index (χ1n) is 10.4. The van der Waals surface area contributed by atoms with Crippen LogP contribution in [0.1, 0.15) is 6.92 Å². The number of para-hydroxylation sites is 1. The van der Waals surface area contributed by atoms with E-state index < -0.39 is 4.92 Å². The lowest BCUT2D eigenvalue weighted by Crippen LogP contribution is -2.23. The van der Waals surface area contributed by atoms with Crippen LogP contribution in [-0.2, 0) is 4.79 Å². The Morgan fingerprint density at radius 2 is 1.88 bits per heavy atom. The molecule has 4 rings (SSSR count). The van der Waals surface area contributed by atoms with Crippen LogP contribution in [0.5, 0.6) is 5.75 Å². The van der Waals surface area contributed by atoms with Crippen LogP contribution in [0.2, 0.25) is 0 Å². The average Bonchev–Trinajstić information content (AvgIpc) is 2.84. The van der Waals surface area contributed by atoms with E-state index in [1.54, 1.807) is 54.6 Å². The van der Waals surface area contributed by atoms with Crippen LogP contribution in [-0.4, -0.2) is 32.7 Å². The number of hydrogen-bond donors (Lipinski definition) is 1. The van der Waals surface area contributed by atoms with Crippen LogP contribution in [0.3, 0.4) is 0 Å². The number of ether oxygens (including phenoxy) is 1. The number of thioether (sulfide) groups is 1. The second-order valence-electron chi connectivity index (χ2n) is 7.12. The molecule has 0 aliphatic carbocycles. The molecule has 34 heavy (non-hydrogen) atoms. The van der Waals surface area contributed by atoms with Crippen molar-refractivity contribution >= 4 is 39.9 Å². The number of nitro benzene ring substituents is 1. The van der Waals surface area contributed by atoms with Crippen molar-refractivity contribution in [1.82, 2.24) is 9.55 Å². The number of carbonyl (C=O) groups is 1. The summed E-state index contributed by atoms with van der Waals surface area (Å²) in [6.45, 7) is 2.41. The van der Waals surface area contributed by atoms with Crippen molar-refractivity contribution in [3.8, 4) is 11.4 Å².